The third kappa shape index (κ3) is 1.70. The van der Waals surface area contributed by atoms with E-state index in [1.165, 1.54) is 12.1 Å². The van der Waals surface area contributed by atoms with E-state index in [2.05, 4.69) is 15.9 Å². The lowest BCUT2D eigenvalue weighted by molar-refractivity contribution is 0.0693. The molecule has 0 saturated carbocycles. The van der Waals surface area contributed by atoms with Crippen molar-refractivity contribution in [1.82, 2.24) is 0 Å². The Balaban J connectivity index is 3.47. The molecule has 0 aliphatic rings. The number of benzene rings is 1. The predicted octanol–water partition coefficient (Wildman–Crippen LogP) is 1.67. The summed E-state index contributed by atoms with van der Waals surface area (Å²) in [7, 11) is 0. The molecule has 0 aliphatic carbocycles. The lowest BCUT2D eigenvalue weighted by Gasteiger charge is -2.03. The minimum Gasteiger partial charge on any atom is -0.506 e. The Morgan fingerprint density at radius 1 is 1.46 bits per heavy atom. The van der Waals surface area contributed by atoms with Crippen molar-refractivity contribution in [3.8, 4) is 5.75 Å². The van der Waals surface area contributed by atoms with Gasteiger partial charge in [0.1, 0.15) is 5.75 Å². The van der Waals surface area contributed by atoms with Gasteiger partial charge in [-0.1, -0.05) is 0 Å². The highest BCUT2D eigenvalue weighted by atomic mass is 79.9. The monoisotopic (exact) mass is 244 g/mol. The van der Waals surface area contributed by atoms with Crippen molar-refractivity contribution in [2.45, 2.75) is 0 Å². The second-order valence-corrected chi connectivity index (χ2v) is 3.13. The Labute approximate surface area is 81.9 Å². The van der Waals surface area contributed by atoms with Gasteiger partial charge in [-0.05, 0) is 28.1 Å². The molecule has 1 aromatic carbocycles. The third-order valence-corrected chi connectivity index (χ3v) is 2.16. The van der Waals surface area contributed by atoms with Crippen molar-refractivity contribution in [2.75, 3.05) is 0 Å². The Kier molecular flexibility index (Phi) is 2.67. The van der Waals surface area contributed by atoms with E-state index in [4.69, 9.17) is 5.11 Å². The standard InChI is InChI=1S/C8H5BrO4/c9-6-2-1-4(8(12)13)5(3-10)7(6)11/h1-3,11H,(H,12,13). The van der Waals surface area contributed by atoms with Crippen LogP contribution in [0, 0.1) is 0 Å². The Morgan fingerprint density at radius 2 is 2.08 bits per heavy atom. The summed E-state index contributed by atoms with van der Waals surface area (Å²) in [5.74, 6) is -1.60. The van der Waals surface area contributed by atoms with Crippen LogP contribution in [0.15, 0.2) is 16.6 Å². The molecular formula is C8H5BrO4. The number of halogens is 1. The summed E-state index contributed by atoms with van der Waals surface area (Å²) >= 11 is 2.97. The second-order valence-electron chi connectivity index (χ2n) is 2.28. The maximum Gasteiger partial charge on any atom is 0.336 e. The molecule has 4 nitrogen and oxygen atoms in total. The van der Waals surface area contributed by atoms with Crippen LogP contribution in [0.2, 0.25) is 0 Å². The number of phenolic OH excluding ortho intramolecular Hbond substituents is 1. The maximum atomic E-state index is 10.6. The van der Waals surface area contributed by atoms with E-state index in [1.54, 1.807) is 0 Å². The summed E-state index contributed by atoms with van der Waals surface area (Å²) in [6, 6.07) is 2.61. The summed E-state index contributed by atoms with van der Waals surface area (Å²) < 4.78 is 0.291. The normalized spacial score (nSPS) is 9.62. The molecule has 0 amide bonds. The summed E-state index contributed by atoms with van der Waals surface area (Å²) in [4.78, 5) is 21.0. The number of carbonyl (C=O) groups excluding carboxylic acids is 1. The van der Waals surface area contributed by atoms with E-state index in [0.29, 0.717) is 10.8 Å². The first kappa shape index (κ1) is 9.73. The average Bonchev–Trinajstić information content (AvgIpc) is 2.09. The van der Waals surface area contributed by atoms with E-state index in [-0.39, 0.29) is 16.9 Å². The first-order valence-electron chi connectivity index (χ1n) is 3.28. The number of carboxylic acid groups (broad SMARTS) is 1. The van der Waals surface area contributed by atoms with Gasteiger partial charge in [-0.15, -0.1) is 0 Å². The zero-order valence-electron chi connectivity index (χ0n) is 6.32. The number of phenols is 1. The lowest BCUT2D eigenvalue weighted by atomic mass is 10.1. The molecule has 0 bridgehead atoms. The van der Waals surface area contributed by atoms with Gasteiger partial charge in [0, 0.05) is 0 Å². The molecule has 0 heterocycles. The first-order chi connectivity index (χ1) is 6.07. The van der Waals surface area contributed by atoms with Crippen molar-refractivity contribution >= 4 is 28.2 Å². The maximum absolute atomic E-state index is 10.6. The van der Waals surface area contributed by atoms with Gasteiger partial charge in [-0.2, -0.15) is 0 Å². The molecule has 1 aromatic rings. The highest BCUT2D eigenvalue weighted by Crippen LogP contribution is 2.29. The van der Waals surface area contributed by atoms with Crippen LogP contribution in [0.3, 0.4) is 0 Å². The van der Waals surface area contributed by atoms with Crippen LogP contribution >= 0.6 is 15.9 Å². The number of carboxylic acids is 1. The van der Waals surface area contributed by atoms with Crippen molar-refractivity contribution in [3.63, 3.8) is 0 Å². The third-order valence-electron chi connectivity index (χ3n) is 1.52. The van der Waals surface area contributed by atoms with Crippen LogP contribution in [0.4, 0.5) is 0 Å². The average molecular weight is 245 g/mol. The fourth-order valence-electron chi connectivity index (χ4n) is 0.887. The van der Waals surface area contributed by atoms with E-state index in [9.17, 15) is 14.7 Å². The Hall–Kier alpha value is -1.36. The lowest BCUT2D eigenvalue weighted by Crippen LogP contribution is -2.01. The van der Waals surface area contributed by atoms with E-state index in [1.807, 2.05) is 0 Å². The van der Waals surface area contributed by atoms with E-state index < -0.39 is 5.97 Å². The van der Waals surface area contributed by atoms with Crippen LogP contribution < -0.4 is 0 Å². The fraction of sp³-hybridized carbons (Fsp3) is 0. The van der Waals surface area contributed by atoms with Gasteiger partial charge < -0.3 is 10.2 Å². The number of aldehydes is 1. The van der Waals surface area contributed by atoms with E-state index in [0.717, 1.165) is 0 Å². The van der Waals surface area contributed by atoms with Crippen LogP contribution in [0.5, 0.6) is 5.75 Å². The van der Waals surface area contributed by atoms with Gasteiger partial charge in [0.25, 0.3) is 0 Å². The predicted molar refractivity (Wildman–Crippen MR) is 48.2 cm³/mol. The summed E-state index contributed by atoms with van der Waals surface area (Å²) in [5, 5.41) is 17.9. The molecule has 13 heavy (non-hydrogen) atoms. The second kappa shape index (κ2) is 3.57. The molecule has 0 unspecified atom stereocenters. The largest absolute Gasteiger partial charge is 0.506 e. The molecule has 5 heteroatoms. The Morgan fingerprint density at radius 3 is 2.54 bits per heavy atom. The fourth-order valence-corrected chi connectivity index (χ4v) is 1.23. The highest BCUT2D eigenvalue weighted by Gasteiger charge is 2.15. The Bertz CT molecular complexity index is 373. The number of hydrogen-bond donors (Lipinski definition) is 2. The topological polar surface area (TPSA) is 74.6 Å². The van der Waals surface area contributed by atoms with Crippen LogP contribution in [0.25, 0.3) is 0 Å². The minimum absolute atomic E-state index is 0.212. The van der Waals surface area contributed by atoms with Crippen LogP contribution in [-0.2, 0) is 0 Å². The van der Waals surface area contributed by atoms with Crippen LogP contribution in [-0.4, -0.2) is 22.5 Å². The number of aromatic hydroxyl groups is 1. The quantitative estimate of drug-likeness (QED) is 0.777. The zero-order chi connectivity index (χ0) is 10.0. The molecule has 1 rings (SSSR count). The van der Waals surface area contributed by atoms with Gasteiger partial charge in [0.15, 0.2) is 6.29 Å². The molecule has 0 atom stereocenters. The van der Waals surface area contributed by atoms with Crippen molar-refractivity contribution in [1.29, 1.82) is 0 Å². The zero-order valence-corrected chi connectivity index (χ0v) is 7.91. The van der Waals surface area contributed by atoms with Gasteiger partial charge in [-0.25, -0.2) is 4.79 Å². The number of aromatic carboxylic acids is 1. The highest BCUT2D eigenvalue weighted by molar-refractivity contribution is 9.10. The molecule has 0 aromatic heterocycles. The van der Waals surface area contributed by atoms with Gasteiger partial charge >= 0.3 is 5.97 Å². The van der Waals surface area contributed by atoms with Crippen molar-refractivity contribution in [2.24, 2.45) is 0 Å². The van der Waals surface area contributed by atoms with Crippen molar-refractivity contribution < 1.29 is 19.8 Å². The van der Waals surface area contributed by atoms with Crippen molar-refractivity contribution in [3.05, 3.63) is 27.7 Å². The van der Waals surface area contributed by atoms with Crippen LogP contribution in [0.1, 0.15) is 20.7 Å². The van der Waals surface area contributed by atoms with Gasteiger partial charge in [-0.3, -0.25) is 4.79 Å². The minimum atomic E-state index is -1.25. The SMILES string of the molecule is O=Cc1c(C(=O)O)ccc(Br)c1O. The summed E-state index contributed by atoms with van der Waals surface area (Å²) in [6.45, 7) is 0. The van der Waals surface area contributed by atoms with E-state index >= 15 is 0 Å². The molecule has 0 aliphatic heterocycles. The summed E-state index contributed by atoms with van der Waals surface area (Å²) in [5.41, 5.74) is -0.433. The molecule has 68 valence electrons. The molecule has 0 saturated heterocycles. The molecular weight excluding hydrogens is 240 g/mol. The molecule has 2 N–H and O–H groups in total. The number of carbonyl (C=O) groups is 2. The molecule has 0 radical (unpaired) electrons. The van der Waals surface area contributed by atoms with Gasteiger partial charge in [0.2, 0.25) is 0 Å². The summed E-state index contributed by atoms with van der Waals surface area (Å²) in [6.07, 6.45) is 0.309. The number of hydrogen-bond acceptors (Lipinski definition) is 3. The molecule has 0 fully saturated rings. The molecule has 0 spiro atoms. The first-order valence-corrected chi connectivity index (χ1v) is 4.07. The number of rotatable bonds is 2. The van der Waals surface area contributed by atoms with Gasteiger partial charge in [0.05, 0.1) is 15.6 Å². The smallest absolute Gasteiger partial charge is 0.336 e.